The summed E-state index contributed by atoms with van der Waals surface area (Å²) in [5, 5.41) is 6.11. The van der Waals surface area contributed by atoms with E-state index in [0.717, 1.165) is 18.8 Å². The molecule has 2 heteroatoms. The second-order valence-corrected chi connectivity index (χ2v) is 5.82. The van der Waals surface area contributed by atoms with Crippen molar-refractivity contribution in [1.29, 1.82) is 0 Å². The Labute approximate surface area is 122 Å². The molecule has 0 saturated heterocycles. The smallest absolute Gasteiger partial charge is 0.123 e. The van der Waals surface area contributed by atoms with Crippen LogP contribution in [0.1, 0.15) is 26.3 Å². The number of hydrogen-bond acceptors (Lipinski definition) is 2. The van der Waals surface area contributed by atoms with Crippen LogP contribution in [0.5, 0.6) is 5.75 Å². The van der Waals surface area contributed by atoms with Crippen LogP contribution in [0.25, 0.3) is 10.8 Å². The van der Waals surface area contributed by atoms with Crippen molar-refractivity contribution >= 4 is 10.8 Å². The van der Waals surface area contributed by atoms with Crippen LogP contribution < -0.4 is 10.1 Å². The first-order valence-corrected chi connectivity index (χ1v) is 7.38. The summed E-state index contributed by atoms with van der Waals surface area (Å²) in [5.41, 5.74) is 1.25. The molecule has 2 rings (SSSR count). The Hall–Kier alpha value is -1.54. The number of hydrogen-bond donors (Lipinski definition) is 1. The molecular formula is C18H25NO. The van der Waals surface area contributed by atoms with E-state index >= 15 is 0 Å². The molecule has 0 radical (unpaired) electrons. The van der Waals surface area contributed by atoms with E-state index in [9.17, 15) is 0 Å². The van der Waals surface area contributed by atoms with Crippen molar-refractivity contribution in [2.24, 2.45) is 11.8 Å². The minimum atomic E-state index is 0.677. The third-order valence-corrected chi connectivity index (χ3v) is 4.12. The molecule has 1 atom stereocenters. The topological polar surface area (TPSA) is 21.3 Å². The second kappa shape index (κ2) is 6.76. The van der Waals surface area contributed by atoms with Crippen LogP contribution >= 0.6 is 0 Å². The Kier molecular flexibility index (Phi) is 5.02. The third kappa shape index (κ3) is 3.31. The van der Waals surface area contributed by atoms with Gasteiger partial charge >= 0.3 is 0 Å². The SMILES string of the molecule is COc1ccc2ccccc2c1CNCC(C)C(C)C. The van der Waals surface area contributed by atoms with Gasteiger partial charge in [0.2, 0.25) is 0 Å². The quantitative estimate of drug-likeness (QED) is 0.849. The summed E-state index contributed by atoms with van der Waals surface area (Å²) in [4.78, 5) is 0. The minimum Gasteiger partial charge on any atom is -0.496 e. The van der Waals surface area contributed by atoms with Crippen molar-refractivity contribution in [3.8, 4) is 5.75 Å². The van der Waals surface area contributed by atoms with Gasteiger partial charge in [0.15, 0.2) is 0 Å². The highest BCUT2D eigenvalue weighted by molar-refractivity contribution is 5.87. The normalized spacial score (nSPS) is 12.8. The van der Waals surface area contributed by atoms with Gasteiger partial charge in [0, 0.05) is 12.1 Å². The Morgan fingerprint density at radius 1 is 1.05 bits per heavy atom. The van der Waals surface area contributed by atoms with Gasteiger partial charge < -0.3 is 10.1 Å². The Morgan fingerprint density at radius 2 is 1.80 bits per heavy atom. The number of benzene rings is 2. The molecule has 0 aliphatic rings. The van der Waals surface area contributed by atoms with Crippen molar-refractivity contribution in [2.45, 2.75) is 27.3 Å². The Balaban J connectivity index is 2.19. The summed E-state index contributed by atoms with van der Waals surface area (Å²) in [6, 6.07) is 12.7. The van der Waals surface area contributed by atoms with Crippen molar-refractivity contribution < 1.29 is 4.74 Å². The average Bonchev–Trinajstić information content (AvgIpc) is 2.47. The average molecular weight is 271 g/mol. The van der Waals surface area contributed by atoms with E-state index in [2.05, 4.69) is 62.5 Å². The molecule has 0 aliphatic carbocycles. The van der Waals surface area contributed by atoms with Crippen LogP contribution in [0.3, 0.4) is 0 Å². The van der Waals surface area contributed by atoms with Crippen LogP contribution in [0.2, 0.25) is 0 Å². The molecule has 0 heterocycles. The van der Waals surface area contributed by atoms with Crippen molar-refractivity contribution in [3.63, 3.8) is 0 Å². The lowest BCUT2D eigenvalue weighted by atomic mass is 9.98. The molecule has 2 nitrogen and oxygen atoms in total. The summed E-state index contributed by atoms with van der Waals surface area (Å²) in [6.07, 6.45) is 0. The summed E-state index contributed by atoms with van der Waals surface area (Å²) >= 11 is 0. The van der Waals surface area contributed by atoms with E-state index in [1.54, 1.807) is 7.11 Å². The fraction of sp³-hybridized carbons (Fsp3) is 0.444. The van der Waals surface area contributed by atoms with Crippen LogP contribution in [0.4, 0.5) is 0 Å². The second-order valence-electron chi connectivity index (χ2n) is 5.82. The first kappa shape index (κ1) is 14.9. The first-order chi connectivity index (χ1) is 9.63. The molecule has 0 bridgehead atoms. The fourth-order valence-electron chi connectivity index (χ4n) is 2.35. The van der Waals surface area contributed by atoms with Gasteiger partial charge in [0.05, 0.1) is 7.11 Å². The lowest BCUT2D eigenvalue weighted by Gasteiger charge is -2.18. The molecule has 0 amide bonds. The first-order valence-electron chi connectivity index (χ1n) is 7.38. The molecule has 2 aromatic carbocycles. The maximum Gasteiger partial charge on any atom is 0.123 e. The van der Waals surface area contributed by atoms with Gasteiger partial charge in [-0.2, -0.15) is 0 Å². The highest BCUT2D eigenvalue weighted by Gasteiger charge is 2.10. The molecule has 0 aromatic heterocycles. The zero-order valence-electron chi connectivity index (χ0n) is 12.9. The zero-order valence-corrected chi connectivity index (χ0v) is 12.9. The number of nitrogens with one attached hydrogen (secondary N) is 1. The summed E-state index contributed by atoms with van der Waals surface area (Å²) in [5.74, 6) is 2.35. The van der Waals surface area contributed by atoms with E-state index in [1.165, 1.54) is 16.3 Å². The third-order valence-electron chi connectivity index (χ3n) is 4.12. The van der Waals surface area contributed by atoms with Gasteiger partial charge in [-0.3, -0.25) is 0 Å². The van der Waals surface area contributed by atoms with Gasteiger partial charge in [-0.15, -0.1) is 0 Å². The van der Waals surface area contributed by atoms with Crippen LogP contribution in [0, 0.1) is 11.8 Å². The molecule has 1 unspecified atom stereocenters. The van der Waals surface area contributed by atoms with Crippen molar-refractivity contribution in [2.75, 3.05) is 13.7 Å². The maximum atomic E-state index is 5.52. The number of methoxy groups -OCH3 is 1. The highest BCUT2D eigenvalue weighted by atomic mass is 16.5. The molecule has 0 fully saturated rings. The van der Waals surface area contributed by atoms with E-state index in [-0.39, 0.29) is 0 Å². The predicted molar refractivity (Wildman–Crippen MR) is 86.2 cm³/mol. The highest BCUT2D eigenvalue weighted by Crippen LogP contribution is 2.27. The largest absolute Gasteiger partial charge is 0.496 e. The molecule has 20 heavy (non-hydrogen) atoms. The van der Waals surface area contributed by atoms with Crippen LogP contribution in [-0.4, -0.2) is 13.7 Å². The molecule has 108 valence electrons. The lowest BCUT2D eigenvalue weighted by molar-refractivity contribution is 0.385. The van der Waals surface area contributed by atoms with Crippen LogP contribution in [0.15, 0.2) is 36.4 Å². The minimum absolute atomic E-state index is 0.677. The number of ether oxygens (including phenoxy) is 1. The summed E-state index contributed by atoms with van der Waals surface area (Å²) in [6.45, 7) is 8.71. The molecular weight excluding hydrogens is 246 g/mol. The van der Waals surface area contributed by atoms with Gasteiger partial charge in [-0.1, -0.05) is 51.1 Å². The van der Waals surface area contributed by atoms with Gasteiger partial charge in [-0.05, 0) is 35.2 Å². The molecule has 1 N–H and O–H groups in total. The maximum absolute atomic E-state index is 5.52. The molecule has 0 spiro atoms. The Morgan fingerprint density at radius 3 is 2.50 bits per heavy atom. The van der Waals surface area contributed by atoms with Gasteiger partial charge in [-0.25, -0.2) is 0 Å². The number of rotatable bonds is 6. The van der Waals surface area contributed by atoms with E-state index in [4.69, 9.17) is 4.74 Å². The van der Waals surface area contributed by atoms with Gasteiger partial charge in [0.25, 0.3) is 0 Å². The molecule has 0 aliphatic heterocycles. The lowest BCUT2D eigenvalue weighted by Crippen LogP contribution is -2.24. The van der Waals surface area contributed by atoms with Crippen LogP contribution in [-0.2, 0) is 6.54 Å². The van der Waals surface area contributed by atoms with E-state index in [1.807, 2.05) is 0 Å². The monoisotopic (exact) mass is 271 g/mol. The number of fused-ring (bicyclic) bond motifs is 1. The van der Waals surface area contributed by atoms with Gasteiger partial charge in [0.1, 0.15) is 5.75 Å². The van der Waals surface area contributed by atoms with Crippen molar-refractivity contribution in [3.05, 3.63) is 42.0 Å². The van der Waals surface area contributed by atoms with E-state index < -0.39 is 0 Å². The predicted octanol–water partition coefficient (Wildman–Crippen LogP) is 4.23. The standard InChI is InChI=1S/C18H25NO/c1-13(2)14(3)11-19-12-17-16-8-6-5-7-15(16)9-10-18(17)20-4/h5-10,13-14,19H,11-12H2,1-4H3. The summed E-state index contributed by atoms with van der Waals surface area (Å²) < 4.78 is 5.52. The van der Waals surface area contributed by atoms with E-state index in [0.29, 0.717) is 11.8 Å². The van der Waals surface area contributed by atoms with Crippen molar-refractivity contribution in [1.82, 2.24) is 5.32 Å². The summed E-state index contributed by atoms with van der Waals surface area (Å²) in [7, 11) is 1.74. The molecule has 0 saturated carbocycles. The fourth-order valence-corrected chi connectivity index (χ4v) is 2.35. The molecule has 2 aromatic rings. The Bertz CT molecular complexity index is 562. The zero-order chi connectivity index (χ0) is 14.5.